The van der Waals surface area contributed by atoms with Crippen molar-refractivity contribution in [3.05, 3.63) is 22.4 Å². The van der Waals surface area contributed by atoms with Gasteiger partial charge >= 0.3 is 0 Å². The normalized spacial score (nSPS) is 14.3. The van der Waals surface area contributed by atoms with Gasteiger partial charge in [-0.25, -0.2) is 0 Å². The molecule has 0 saturated heterocycles. The van der Waals surface area contributed by atoms with Gasteiger partial charge in [-0.1, -0.05) is 13.8 Å². The van der Waals surface area contributed by atoms with Crippen LogP contribution in [0, 0.1) is 5.92 Å². The molecule has 0 aliphatic carbocycles. The number of hydrogen-bond donors (Lipinski definition) is 2. The average molecular weight is 225 g/mol. The Hall–Kier alpha value is -1.03. The van der Waals surface area contributed by atoms with Crippen LogP contribution < -0.4 is 11.1 Å². The number of nitrogens with zero attached hydrogens (tertiary/aromatic N) is 1. The fraction of sp³-hybridized carbons (Fsp3) is 0.545. The monoisotopic (exact) mass is 225 g/mol. The molecule has 0 amide bonds. The molecule has 0 saturated carbocycles. The molecule has 0 bridgehead atoms. The van der Waals surface area contributed by atoms with Gasteiger partial charge in [-0.3, -0.25) is 4.99 Å². The van der Waals surface area contributed by atoms with Gasteiger partial charge in [-0.2, -0.15) is 11.3 Å². The average Bonchev–Trinajstić information content (AvgIpc) is 2.67. The summed E-state index contributed by atoms with van der Waals surface area (Å²) >= 11 is 1.69. The highest BCUT2D eigenvalue weighted by atomic mass is 32.1. The van der Waals surface area contributed by atoms with Crippen molar-refractivity contribution in [2.24, 2.45) is 16.6 Å². The fourth-order valence-corrected chi connectivity index (χ4v) is 1.91. The Labute approximate surface area is 95.4 Å². The maximum absolute atomic E-state index is 5.77. The number of guanidine groups is 1. The second kappa shape index (κ2) is 5.75. The third kappa shape index (κ3) is 4.34. The SMILES string of the molecule is CC(C)CN=C(N)NC(C)c1ccsc1. The zero-order valence-electron chi connectivity index (χ0n) is 9.53. The molecule has 1 aromatic rings. The third-order valence-corrected chi connectivity index (χ3v) is 2.74. The van der Waals surface area contributed by atoms with E-state index in [4.69, 9.17) is 5.73 Å². The summed E-state index contributed by atoms with van der Waals surface area (Å²) in [6, 6.07) is 2.32. The van der Waals surface area contributed by atoms with Crippen LogP contribution in [0.15, 0.2) is 21.8 Å². The van der Waals surface area contributed by atoms with Crippen LogP contribution in [0.2, 0.25) is 0 Å². The van der Waals surface area contributed by atoms with E-state index in [0.717, 1.165) is 6.54 Å². The molecule has 0 spiro atoms. The number of thiophene rings is 1. The van der Waals surface area contributed by atoms with Gasteiger partial charge < -0.3 is 11.1 Å². The van der Waals surface area contributed by atoms with E-state index in [0.29, 0.717) is 11.9 Å². The Morgan fingerprint density at radius 2 is 2.27 bits per heavy atom. The van der Waals surface area contributed by atoms with Crippen LogP contribution in [0.1, 0.15) is 32.4 Å². The van der Waals surface area contributed by atoms with Crippen LogP contribution in [0.3, 0.4) is 0 Å². The highest BCUT2D eigenvalue weighted by Gasteiger charge is 2.05. The zero-order valence-corrected chi connectivity index (χ0v) is 10.3. The minimum Gasteiger partial charge on any atom is -0.370 e. The van der Waals surface area contributed by atoms with E-state index in [1.807, 2.05) is 0 Å². The molecular formula is C11H19N3S. The topological polar surface area (TPSA) is 50.4 Å². The van der Waals surface area contributed by atoms with Crippen LogP contribution >= 0.6 is 11.3 Å². The Morgan fingerprint density at radius 1 is 1.53 bits per heavy atom. The summed E-state index contributed by atoms with van der Waals surface area (Å²) in [5, 5.41) is 7.35. The van der Waals surface area contributed by atoms with Gasteiger partial charge in [0.1, 0.15) is 0 Å². The van der Waals surface area contributed by atoms with Crippen molar-refractivity contribution in [3.8, 4) is 0 Å². The molecule has 0 radical (unpaired) electrons. The summed E-state index contributed by atoms with van der Waals surface area (Å²) in [5.41, 5.74) is 7.02. The predicted octanol–water partition coefficient (Wildman–Crippen LogP) is 2.37. The van der Waals surface area contributed by atoms with Gasteiger partial charge in [0, 0.05) is 6.54 Å². The minimum atomic E-state index is 0.229. The van der Waals surface area contributed by atoms with E-state index >= 15 is 0 Å². The number of aliphatic imine (C=N–C) groups is 1. The fourth-order valence-electron chi connectivity index (χ4n) is 1.15. The van der Waals surface area contributed by atoms with Crippen LogP contribution in [-0.2, 0) is 0 Å². The van der Waals surface area contributed by atoms with Gasteiger partial charge in [0.2, 0.25) is 0 Å². The summed E-state index contributed by atoms with van der Waals surface area (Å²) in [5.74, 6) is 1.07. The maximum atomic E-state index is 5.77. The van der Waals surface area contributed by atoms with E-state index < -0.39 is 0 Å². The lowest BCUT2D eigenvalue weighted by molar-refractivity contribution is 0.652. The molecule has 15 heavy (non-hydrogen) atoms. The lowest BCUT2D eigenvalue weighted by Crippen LogP contribution is -2.34. The molecule has 0 aromatic carbocycles. The van der Waals surface area contributed by atoms with E-state index in [1.54, 1.807) is 11.3 Å². The maximum Gasteiger partial charge on any atom is 0.189 e. The summed E-state index contributed by atoms with van der Waals surface area (Å²) < 4.78 is 0. The smallest absolute Gasteiger partial charge is 0.189 e. The standard InChI is InChI=1S/C11H19N3S/c1-8(2)6-13-11(12)14-9(3)10-4-5-15-7-10/h4-5,7-9H,6H2,1-3H3,(H3,12,13,14). The number of rotatable bonds is 4. The van der Waals surface area contributed by atoms with Crippen molar-refractivity contribution in [2.75, 3.05) is 6.54 Å². The molecule has 3 N–H and O–H groups in total. The summed E-state index contributed by atoms with van der Waals surface area (Å²) in [6.07, 6.45) is 0. The van der Waals surface area contributed by atoms with Gasteiger partial charge in [0.15, 0.2) is 5.96 Å². The van der Waals surface area contributed by atoms with Gasteiger partial charge in [0.05, 0.1) is 6.04 Å². The molecule has 0 fully saturated rings. The second-order valence-corrected chi connectivity index (χ2v) is 4.82. The van der Waals surface area contributed by atoms with Crippen molar-refractivity contribution in [3.63, 3.8) is 0 Å². The van der Waals surface area contributed by atoms with Crippen molar-refractivity contribution < 1.29 is 0 Å². The summed E-state index contributed by atoms with van der Waals surface area (Å²) in [6.45, 7) is 7.10. The third-order valence-electron chi connectivity index (χ3n) is 2.03. The molecule has 0 aliphatic heterocycles. The minimum absolute atomic E-state index is 0.229. The molecule has 1 aromatic heterocycles. The van der Waals surface area contributed by atoms with E-state index in [9.17, 15) is 0 Å². The van der Waals surface area contributed by atoms with Crippen molar-refractivity contribution in [1.29, 1.82) is 0 Å². The molecule has 1 rings (SSSR count). The van der Waals surface area contributed by atoms with Gasteiger partial charge in [-0.15, -0.1) is 0 Å². The van der Waals surface area contributed by atoms with Crippen LogP contribution in [0.4, 0.5) is 0 Å². The lowest BCUT2D eigenvalue weighted by Gasteiger charge is -2.13. The first-order valence-electron chi connectivity index (χ1n) is 5.18. The Morgan fingerprint density at radius 3 is 2.80 bits per heavy atom. The number of hydrogen-bond acceptors (Lipinski definition) is 2. The highest BCUT2D eigenvalue weighted by molar-refractivity contribution is 7.07. The molecule has 1 heterocycles. The molecular weight excluding hydrogens is 206 g/mol. The molecule has 84 valence electrons. The molecule has 1 atom stereocenters. The predicted molar refractivity (Wildman–Crippen MR) is 67.2 cm³/mol. The first-order valence-corrected chi connectivity index (χ1v) is 6.12. The molecule has 3 nitrogen and oxygen atoms in total. The quantitative estimate of drug-likeness (QED) is 0.610. The van der Waals surface area contributed by atoms with Gasteiger partial charge in [-0.05, 0) is 35.2 Å². The molecule has 0 aliphatic rings. The number of nitrogens with one attached hydrogen (secondary N) is 1. The van der Waals surface area contributed by atoms with E-state index in [2.05, 4.69) is 47.9 Å². The van der Waals surface area contributed by atoms with Crippen LogP contribution in [0.25, 0.3) is 0 Å². The van der Waals surface area contributed by atoms with Crippen LogP contribution in [0.5, 0.6) is 0 Å². The zero-order chi connectivity index (χ0) is 11.3. The summed E-state index contributed by atoms with van der Waals surface area (Å²) in [4.78, 5) is 4.26. The van der Waals surface area contributed by atoms with Crippen molar-refractivity contribution in [2.45, 2.75) is 26.8 Å². The Bertz CT molecular complexity index is 304. The van der Waals surface area contributed by atoms with Crippen molar-refractivity contribution >= 4 is 17.3 Å². The first-order chi connectivity index (χ1) is 7.09. The Balaban J connectivity index is 2.44. The summed E-state index contributed by atoms with van der Waals surface area (Å²) in [7, 11) is 0. The van der Waals surface area contributed by atoms with E-state index in [-0.39, 0.29) is 6.04 Å². The lowest BCUT2D eigenvalue weighted by atomic mass is 10.2. The Kier molecular flexibility index (Phi) is 4.62. The van der Waals surface area contributed by atoms with E-state index in [1.165, 1.54) is 5.56 Å². The molecule has 1 unspecified atom stereocenters. The first kappa shape index (κ1) is 12.0. The number of nitrogens with two attached hydrogens (primary N) is 1. The van der Waals surface area contributed by atoms with Crippen LogP contribution in [-0.4, -0.2) is 12.5 Å². The van der Waals surface area contributed by atoms with Crippen molar-refractivity contribution in [1.82, 2.24) is 5.32 Å². The second-order valence-electron chi connectivity index (χ2n) is 4.04. The van der Waals surface area contributed by atoms with Gasteiger partial charge in [0.25, 0.3) is 0 Å². The molecule has 4 heteroatoms. The highest BCUT2D eigenvalue weighted by Crippen LogP contribution is 2.14. The largest absolute Gasteiger partial charge is 0.370 e.